The van der Waals surface area contributed by atoms with Crippen LogP contribution in [0.4, 0.5) is 5.82 Å². The van der Waals surface area contributed by atoms with Gasteiger partial charge in [0, 0.05) is 16.1 Å². The van der Waals surface area contributed by atoms with E-state index in [2.05, 4.69) is 5.10 Å². The molecule has 0 aliphatic heterocycles. The van der Waals surface area contributed by atoms with Crippen LogP contribution in [0.25, 0.3) is 27.9 Å². The number of nitrogens with two attached hydrogens (primary N) is 1. The third kappa shape index (κ3) is 3.17. The Balaban J connectivity index is 1.93. The molecule has 154 valence electrons. The minimum atomic E-state index is 0.485. The van der Waals surface area contributed by atoms with Gasteiger partial charge in [-0.3, -0.25) is 0 Å². The Morgan fingerprint density at radius 2 is 1.67 bits per heavy atom. The highest BCUT2D eigenvalue weighted by Crippen LogP contribution is 2.42. The molecule has 0 radical (unpaired) electrons. The smallest absolute Gasteiger partial charge is 0.203 e. The summed E-state index contributed by atoms with van der Waals surface area (Å²) in [4.78, 5) is 4.80. The lowest BCUT2D eigenvalue weighted by molar-refractivity contribution is 0.324. The lowest BCUT2D eigenvalue weighted by Crippen LogP contribution is -2.05. The van der Waals surface area contributed by atoms with Crippen LogP contribution >= 0.6 is 11.6 Å². The van der Waals surface area contributed by atoms with Crippen molar-refractivity contribution >= 4 is 23.1 Å². The molecule has 0 fully saturated rings. The van der Waals surface area contributed by atoms with Crippen molar-refractivity contribution in [3.8, 4) is 39.5 Å². The van der Waals surface area contributed by atoms with Gasteiger partial charge in [-0.25, -0.2) is 4.98 Å². The average Bonchev–Trinajstić information content (AvgIpc) is 3.16. The number of aromatic nitrogens is 3. The second-order valence-corrected chi connectivity index (χ2v) is 7.11. The minimum absolute atomic E-state index is 0.485. The van der Waals surface area contributed by atoms with E-state index in [9.17, 15) is 0 Å². The first kappa shape index (κ1) is 19.8. The van der Waals surface area contributed by atoms with Crippen molar-refractivity contribution < 1.29 is 14.2 Å². The first-order chi connectivity index (χ1) is 14.5. The van der Waals surface area contributed by atoms with Crippen LogP contribution in [0.1, 0.15) is 5.69 Å². The van der Waals surface area contributed by atoms with Gasteiger partial charge in [0.1, 0.15) is 5.82 Å². The maximum Gasteiger partial charge on any atom is 0.203 e. The molecule has 0 saturated carbocycles. The third-order valence-electron chi connectivity index (χ3n) is 4.95. The predicted molar refractivity (Wildman–Crippen MR) is 118 cm³/mol. The van der Waals surface area contributed by atoms with E-state index in [4.69, 9.17) is 36.5 Å². The second kappa shape index (κ2) is 7.76. The number of fused-ring (bicyclic) bond motifs is 1. The largest absolute Gasteiger partial charge is 0.493 e. The van der Waals surface area contributed by atoms with Crippen molar-refractivity contribution in [3.05, 3.63) is 53.3 Å². The fourth-order valence-corrected chi connectivity index (χ4v) is 3.76. The summed E-state index contributed by atoms with van der Waals surface area (Å²) in [7, 11) is 4.72. The van der Waals surface area contributed by atoms with Crippen LogP contribution in [0.5, 0.6) is 17.2 Å². The molecule has 8 heteroatoms. The van der Waals surface area contributed by atoms with Crippen molar-refractivity contribution in [2.75, 3.05) is 27.1 Å². The number of benzene rings is 2. The topological polar surface area (TPSA) is 83.9 Å². The summed E-state index contributed by atoms with van der Waals surface area (Å²) in [6.45, 7) is 1.92. The fraction of sp³-hybridized carbons (Fsp3) is 0.182. The fourth-order valence-electron chi connectivity index (χ4n) is 3.57. The van der Waals surface area contributed by atoms with Crippen molar-refractivity contribution in [2.24, 2.45) is 0 Å². The number of nitrogens with zero attached hydrogens (tertiary/aromatic N) is 3. The number of hydrogen-bond acceptors (Lipinski definition) is 6. The van der Waals surface area contributed by atoms with Gasteiger partial charge in [-0.05, 0) is 42.3 Å². The summed E-state index contributed by atoms with van der Waals surface area (Å²) >= 11 is 6.17. The molecule has 7 nitrogen and oxygen atoms in total. The van der Waals surface area contributed by atoms with E-state index in [0.29, 0.717) is 33.7 Å². The van der Waals surface area contributed by atoms with E-state index in [1.807, 2.05) is 43.3 Å². The van der Waals surface area contributed by atoms with Gasteiger partial charge < -0.3 is 19.9 Å². The highest BCUT2D eigenvalue weighted by atomic mass is 35.5. The molecule has 0 aliphatic carbocycles. The Bertz CT molecular complexity index is 1230. The normalized spacial score (nSPS) is 11.0. The van der Waals surface area contributed by atoms with E-state index in [1.54, 1.807) is 32.0 Å². The summed E-state index contributed by atoms with van der Waals surface area (Å²) in [5.74, 6) is 2.10. The van der Waals surface area contributed by atoms with Gasteiger partial charge in [-0.15, -0.1) is 0 Å². The van der Waals surface area contributed by atoms with Gasteiger partial charge in [-0.1, -0.05) is 23.7 Å². The average molecular weight is 425 g/mol. The van der Waals surface area contributed by atoms with E-state index >= 15 is 0 Å². The van der Waals surface area contributed by atoms with Crippen LogP contribution in [0.15, 0.2) is 42.6 Å². The number of aryl methyl sites for hydroxylation is 1. The number of rotatable bonds is 5. The lowest BCUT2D eigenvalue weighted by Gasteiger charge is -2.14. The quantitative estimate of drug-likeness (QED) is 0.502. The third-order valence-corrected chi connectivity index (χ3v) is 5.19. The van der Waals surface area contributed by atoms with E-state index in [1.165, 1.54) is 0 Å². The maximum atomic E-state index is 6.50. The summed E-state index contributed by atoms with van der Waals surface area (Å²) in [6.07, 6.45) is 1.72. The highest BCUT2D eigenvalue weighted by molar-refractivity contribution is 6.30. The summed E-state index contributed by atoms with van der Waals surface area (Å²) in [5, 5.41) is 5.11. The van der Waals surface area contributed by atoms with Crippen molar-refractivity contribution in [1.82, 2.24) is 14.6 Å². The molecular formula is C22H21ClN4O3. The molecule has 0 bridgehead atoms. The van der Waals surface area contributed by atoms with Crippen molar-refractivity contribution in [2.45, 2.75) is 6.92 Å². The molecule has 0 atom stereocenters. The Morgan fingerprint density at radius 3 is 2.27 bits per heavy atom. The Labute approximate surface area is 179 Å². The number of hydrogen-bond donors (Lipinski definition) is 1. The second-order valence-electron chi connectivity index (χ2n) is 6.68. The number of nitrogen functional groups attached to an aromatic ring is 1. The number of halogens is 1. The standard InChI is InChI=1S/C22H21ClN4O3/c1-12-19(13-6-5-7-15(23)8-13)21(24)27-22(26-12)16(11-25-27)14-9-17(28-2)20(30-4)18(10-14)29-3/h5-11H,24H2,1-4H3. The predicted octanol–water partition coefficient (Wildman–Crippen LogP) is 4.63. The number of methoxy groups -OCH3 is 3. The monoisotopic (exact) mass is 424 g/mol. The summed E-state index contributed by atoms with van der Waals surface area (Å²) in [5.41, 5.74) is 11.2. The van der Waals surface area contributed by atoms with Crippen LogP contribution < -0.4 is 19.9 Å². The van der Waals surface area contributed by atoms with Gasteiger partial charge in [-0.2, -0.15) is 9.61 Å². The van der Waals surface area contributed by atoms with Crippen LogP contribution in [-0.4, -0.2) is 35.9 Å². The van der Waals surface area contributed by atoms with Gasteiger partial charge in [0.15, 0.2) is 17.1 Å². The molecule has 2 N–H and O–H groups in total. The molecule has 2 aromatic heterocycles. The Morgan fingerprint density at radius 1 is 0.967 bits per heavy atom. The van der Waals surface area contributed by atoms with E-state index in [0.717, 1.165) is 27.9 Å². The number of ether oxygens (including phenoxy) is 3. The first-order valence-corrected chi connectivity index (χ1v) is 9.56. The van der Waals surface area contributed by atoms with E-state index < -0.39 is 0 Å². The zero-order valence-corrected chi connectivity index (χ0v) is 17.8. The van der Waals surface area contributed by atoms with Gasteiger partial charge in [0.25, 0.3) is 0 Å². The molecule has 4 aromatic rings. The summed E-state index contributed by atoms with van der Waals surface area (Å²) < 4.78 is 18.0. The summed E-state index contributed by atoms with van der Waals surface area (Å²) in [6, 6.07) is 11.2. The van der Waals surface area contributed by atoms with Crippen LogP contribution in [-0.2, 0) is 0 Å². The molecule has 0 spiro atoms. The van der Waals surface area contributed by atoms with Crippen LogP contribution in [0.3, 0.4) is 0 Å². The van der Waals surface area contributed by atoms with Crippen molar-refractivity contribution in [3.63, 3.8) is 0 Å². The molecule has 0 saturated heterocycles. The molecular weight excluding hydrogens is 404 g/mol. The van der Waals surface area contributed by atoms with Gasteiger partial charge in [0.05, 0.1) is 33.2 Å². The van der Waals surface area contributed by atoms with Crippen LogP contribution in [0, 0.1) is 6.92 Å². The molecule has 0 aliphatic rings. The highest BCUT2D eigenvalue weighted by Gasteiger charge is 2.20. The molecule has 0 amide bonds. The SMILES string of the molecule is COc1cc(-c2cnn3c(N)c(-c4cccc(Cl)c4)c(C)nc23)cc(OC)c1OC. The van der Waals surface area contributed by atoms with Crippen molar-refractivity contribution in [1.29, 1.82) is 0 Å². The number of anilines is 1. The first-order valence-electron chi connectivity index (χ1n) is 9.18. The zero-order chi connectivity index (χ0) is 21.4. The Hall–Kier alpha value is -3.45. The van der Waals surface area contributed by atoms with Gasteiger partial charge >= 0.3 is 0 Å². The van der Waals surface area contributed by atoms with Gasteiger partial charge in [0.2, 0.25) is 5.75 Å². The maximum absolute atomic E-state index is 6.50. The van der Waals surface area contributed by atoms with E-state index in [-0.39, 0.29) is 0 Å². The van der Waals surface area contributed by atoms with Crippen LogP contribution in [0.2, 0.25) is 5.02 Å². The Kier molecular flexibility index (Phi) is 5.13. The molecule has 2 heterocycles. The molecule has 4 rings (SSSR count). The lowest BCUT2D eigenvalue weighted by atomic mass is 10.0. The minimum Gasteiger partial charge on any atom is -0.493 e. The molecule has 2 aromatic carbocycles. The molecule has 30 heavy (non-hydrogen) atoms. The zero-order valence-electron chi connectivity index (χ0n) is 17.1. The molecule has 0 unspecified atom stereocenters.